The van der Waals surface area contributed by atoms with Crippen LogP contribution in [0.25, 0.3) is 58.7 Å². The van der Waals surface area contributed by atoms with Gasteiger partial charge >= 0.3 is 15.2 Å². The van der Waals surface area contributed by atoms with E-state index in [4.69, 9.17) is 18.1 Å². The number of benzene rings is 10. The lowest BCUT2D eigenvalue weighted by molar-refractivity contribution is 0.111. The highest BCUT2D eigenvalue weighted by atomic mass is 32.1. The molecule has 0 aliphatic carbocycles. The fourth-order valence-corrected chi connectivity index (χ4v) is 18.9. The van der Waals surface area contributed by atoms with Gasteiger partial charge in [0.15, 0.2) is 0 Å². The molecule has 0 saturated carbocycles. The van der Waals surface area contributed by atoms with Crippen molar-refractivity contribution in [3.63, 3.8) is 0 Å². The van der Waals surface area contributed by atoms with E-state index in [-0.39, 0.29) is 12.3 Å². The van der Waals surface area contributed by atoms with Gasteiger partial charge in [-0.3, -0.25) is 18.7 Å². The minimum Gasteiger partial charge on any atom is -0.310 e. The molecule has 10 nitrogen and oxygen atoms in total. The minimum atomic E-state index is -3.15. The molecule has 0 aliphatic heterocycles. The van der Waals surface area contributed by atoms with Gasteiger partial charge < -0.3 is 27.9 Å². The summed E-state index contributed by atoms with van der Waals surface area (Å²) in [5, 5.41) is 0. The SMILES string of the molecule is CCOP(=O)(Cc1cc(C)c(CP(=O)(OCC)OCC)s1)OCC.Cc1ccc(-c2ccc(N(c3ccc(C=Cc4ccccc4)c(C)c3)c3ccc(C=Cc4cc(C)c(C=Cc5ccccc5)s4)c(C)c3)cc2)cc1.Cc1ccc(-c2ccc(N(c3ccc(C=O)c(C)c3)c3ccc(C=O)c(C)c3)cc2)cc1. The van der Waals surface area contributed by atoms with Crippen LogP contribution in [0.1, 0.15) is 135 Å². The maximum Gasteiger partial charge on any atom is 0.335 e. The summed E-state index contributed by atoms with van der Waals surface area (Å²) in [6.07, 6.45) is 15.5. The molecule has 0 unspecified atom stereocenters. The summed E-state index contributed by atoms with van der Waals surface area (Å²) in [6.45, 7) is 25.1. The first-order valence-electron chi connectivity index (χ1n) is 36.6. The van der Waals surface area contributed by atoms with Gasteiger partial charge in [0.1, 0.15) is 12.6 Å². The predicted octanol–water partition coefficient (Wildman–Crippen LogP) is 27.6. The molecule has 0 fully saturated rings. The zero-order chi connectivity index (χ0) is 76.7. The van der Waals surface area contributed by atoms with E-state index in [0.29, 0.717) is 37.6 Å². The fraction of sp³-hybridized carbons (Fsp3) is 0.191. The average Bonchev–Trinajstić information content (AvgIpc) is 0.954. The molecule has 14 heteroatoms. The molecule has 0 saturated heterocycles. The Kier molecular flexibility index (Phi) is 28.9. The van der Waals surface area contributed by atoms with E-state index in [9.17, 15) is 18.7 Å². The average molecular weight is 1510 g/mol. The minimum absolute atomic E-state index is 0.216. The first-order chi connectivity index (χ1) is 52.2. The lowest BCUT2D eigenvalue weighted by Gasteiger charge is -2.27. The molecule has 0 radical (unpaired) electrons. The molecular weight excluding hydrogens is 1410 g/mol. The van der Waals surface area contributed by atoms with Crippen molar-refractivity contribution in [2.24, 2.45) is 0 Å². The molecule has 0 N–H and O–H groups in total. The highest BCUT2D eigenvalue weighted by molar-refractivity contribution is 7.54. The number of aldehydes is 2. The second kappa shape index (κ2) is 38.7. The van der Waals surface area contributed by atoms with Crippen LogP contribution in [0.2, 0.25) is 0 Å². The number of hydrogen-bond acceptors (Lipinski definition) is 12. The topological polar surface area (TPSA) is 112 Å². The summed E-state index contributed by atoms with van der Waals surface area (Å²) in [5.74, 6) is 0. The molecule has 552 valence electrons. The van der Waals surface area contributed by atoms with Crippen LogP contribution in [0.3, 0.4) is 0 Å². The maximum absolute atomic E-state index is 12.7. The number of nitrogens with zero attached hydrogens (tertiary/aromatic N) is 2. The normalized spacial score (nSPS) is 11.6. The van der Waals surface area contributed by atoms with E-state index in [1.165, 1.54) is 87.9 Å². The van der Waals surface area contributed by atoms with Crippen LogP contribution in [0.4, 0.5) is 34.1 Å². The molecule has 12 aromatic rings. The van der Waals surface area contributed by atoms with Gasteiger partial charge in [-0.05, 0) is 270 Å². The van der Waals surface area contributed by atoms with E-state index in [1.807, 2.05) is 74.6 Å². The van der Waals surface area contributed by atoms with Gasteiger partial charge in [-0.2, -0.15) is 0 Å². The maximum atomic E-state index is 12.7. The van der Waals surface area contributed by atoms with E-state index >= 15 is 0 Å². The third kappa shape index (κ3) is 21.9. The molecule has 0 amide bonds. The van der Waals surface area contributed by atoms with Crippen LogP contribution < -0.4 is 9.80 Å². The molecule has 108 heavy (non-hydrogen) atoms. The van der Waals surface area contributed by atoms with Crippen LogP contribution in [-0.2, 0) is 39.5 Å². The number of rotatable bonds is 28. The standard InChI is InChI=1S/C50H43NS.C29H25NO2.C15H28O6P2S/c1-36-15-19-44(20-16-36)45-24-27-46(28-25-45)51(47-29-22-42(37(2)33-47)21-17-40-11-7-5-8-12-40)48-30-23-43(38(3)34-48)26-31-49-35-39(4)50(52-49)32-18-41-13-9-6-10-14-41;1-20-4-6-23(7-5-20)24-8-12-27(13-9-24)30(28-14-10-25(18-31)21(2)16-28)29-15-11-26(19-32)22(3)17-29;1-6-18-22(16,19-7-2)11-14-10-13(5)15(24-14)12-23(17,20-8-3)21-9-4/h5-35H,1-4H3;4-19H,1-3H3;10H,6-9,11-12H2,1-5H3. The van der Waals surface area contributed by atoms with Crippen molar-refractivity contribution < 1.29 is 36.8 Å². The van der Waals surface area contributed by atoms with Crippen molar-refractivity contribution in [2.75, 3.05) is 36.2 Å². The molecule has 2 aromatic heterocycles. The van der Waals surface area contributed by atoms with E-state index in [1.54, 1.807) is 27.7 Å². The van der Waals surface area contributed by atoms with Gasteiger partial charge in [0.25, 0.3) is 0 Å². The second-order valence-corrected chi connectivity index (χ2v) is 32.9. The van der Waals surface area contributed by atoms with Crippen LogP contribution in [0.5, 0.6) is 0 Å². The van der Waals surface area contributed by atoms with Crippen molar-refractivity contribution in [3.8, 4) is 22.3 Å². The first-order valence-corrected chi connectivity index (χ1v) is 41.7. The van der Waals surface area contributed by atoms with Gasteiger partial charge in [-0.15, -0.1) is 22.7 Å². The van der Waals surface area contributed by atoms with Crippen molar-refractivity contribution >= 4 is 121 Å². The van der Waals surface area contributed by atoms with Gasteiger partial charge in [0, 0.05) is 64.8 Å². The predicted molar refractivity (Wildman–Crippen MR) is 459 cm³/mol. The molecule has 12 rings (SSSR count). The zero-order valence-corrected chi connectivity index (χ0v) is 67.2. The lowest BCUT2D eigenvalue weighted by Crippen LogP contribution is -2.11. The first kappa shape index (κ1) is 80.6. The molecule has 0 aliphatic rings. The van der Waals surface area contributed by atoms with Gasteiger partial charge in [-0.1, -0.05) is 181 Å². The molecule has 2 heterocycles. The Morgan fingerprint density at radius 1 is 0.324 bits per heavy atom. The third-order valence-electron chi connectivity index (χ3n) is 18.3. The number of hydrogen-bond donors (Lipinski definition) is 0. The van der Waals surface area contributed by atoms with Crippen molar-refractivity contribution in [1.29, 1.82) is 0 Å². The number of carbonyl (C=O) groups excluding carboxylic acids is 2. The van der Waals surface area contributed by atoms with Crippen molar-refractivity contribution in [2.45, 2.75) is 95.4 Å². The molecular formula is C94H96N2O8P2S2. The molecule has 0 bridgehead atoms. The van der Waals surface area contributed by atoms with Crippen LogP contribution in [-0.4, -0.2) is 39.0 Å². The highest BCUT2D eigenvalue weighted by Crippen LogP contribution is 2.56. The van der Waals surface area contributed by atoms with Crippen LogP contribution in [0.15, 0.2) is 243 Å². The van der Waals surface area contributed by atoms with Gasteiger partial charge in [-0.25, -0.2) is 0 Å². The largest absolute Gasteiger partial charge is 0.335 e. The molecule has 10 aromatic carbocycles. The zero-order valence-electron chi connectivity index (χ0n) is 63.8. The van der Waals surface area contributed by atoms with E-state index < -0.39 is 15.2 Å². The number of carbonyl (C=O) groups is 2. The molecule has 0 atom stereocenters. The van der Waals surface area contributed by atoms with E-state index in [0.717, 1.165) is 78.7 Å². The van der Waals surface area contributed by atoms with Crippen molar-refractivity contribution in [3.05, 3.63) is 340 Å². The number of thiophene rings is 2. The Labute approximate surface area is 647 Å². The summed E-state index contributed by atoms with van der Waals surface area (Å²) in [6, 6.07) is 84.9. The quantitative estimate of drug-likeness (QED) is 0.0267. The summed E-state index contributed by atoms with van der Waals surface area (Å²) in [4.78, 5) is 31.5. The third-order valence-corrected chi connectivity index (χ3v) is 25.1. The van der Waals surface area contributed by atoms with Gasteiger partial charge in [0.05, 0.1) is 38.8 Å². The monoisotopic (exact) mass is 1510 g/mol. The number of aryl methyl sites for hydroxylation is 8. The van der Waals surface area contributed by atoms with Crippen LogP contribution in [0, 0.1) is 55.4 Å². The highest BCUT2D eigenvalue weighted by Gasteiger charge is 2.30. The number of anilines is 6. The Bertz CT molecular complexity index is 5100. The Morgan fingerprint density at radius 3 is 1.04 bits per heavy atom. The van der Waals surface area contributed by atoms with Crippen molar-refractivity contribution in [1.82, 2.24) is 0 Å². The second-order valence-electron chi connectivity index (χ2n) is 26.4. The Balaban J connectivity index is 0.000000190. The lowest BCUT2D eigenvalue weighted by atomic mass is 10.0. The van der Waals surface area contributed by atoms with Gasteiger partial charge in [0.2, 0.25) is 0 Å². The van der Waals surface area contributed by atoms with E-state index in [2.05, 4.69) is 281 Å². The summed E-state index contributed by atoms with van der Waals surface area (Å²) >= 11 is 3.28. The van der Waals surface area contributed by atoms with Crippen LogP contribution >= 0.6 is 37.9 Å². The smallest absolute Gasteiger partial charge is 0.310 e. The summed E-state index contributed by atoms with van der Waals surface area (Å²) in [5.41, 5.74) is 26.3. The summed E-state index contributed by atoms with van der Waals surface area (Å²) in [7, 11) is -6.30. The fourth-order valence-electron chi connectivity index (χ4n) is 12.5. The molecule has 0 spiro atoms. The Hall–Kier alpha value is -9.94. The Morgan fingerprint density at radius 2 is 0.667 bits per heavy atom. The summed E-state index contributed by atoms with van der Waals surface area (Å²) < 4.78 is 46.7.